The molecular weight excluding hydrogens is 324 g/mol. The van der Waals surface area contributed by atoms with Crippen molar-refractivity contribution in [2.45, 2.75) is 26.3 Å². The van der Waals surface area contributed by atoms with E-state index in [1.165, 1.54) is 18.4 Å². The van der Waals surface area contributed by atoms with Crippen LogP contribution >= 0.6 is 0 Å². The Kier molecular flexibility index (Phi) is 5.94. The van der Waals surface area contributed by atoms with Gasteiger partial charge in [-0.2, -0.15) is 0 Å². The quantitative estimate of drug-likeness (QED) is 0.715. The van der Waals surface area contributed by atoms with Gasteiger partial charge in [-0.05, 0) is 36.6 Å². The Balaban J connectivity index is 2.17. The van der Waals surface area contributed by atoms with Crippen LogP contribution in [0.5, 0.6) is 0 Å². The number of carboxylic acids is 1. The number of benzene rings is 1. The zero-order valence-corrected chi connectivity index (χ0v) is 14.0. The largest absolute Gasteiger partial charge is 0.480 e. The van der Waals surface area contributed by atoms with Crippen LogP contribution in [-0.2, 0) is 4.79 Å². The van der Waals surface area contributed by atoms with Gasteiger partial charge in [0.1, 0.15) is 6.04 Å². The van der Waals surface area contributed by atoms with Crippen molar-refractivity contribution in [3.63, 3.8) is 0 Å². The highest BCUT2D eigenvalue weighted by Crippen LogP contribution is 2.17. The highest BCUT2D eigenvalue weighted by atomic mass is 16.4. The fourth-order valence-electron chi connectivity index (χ4n) is 2.31. The molecule has 3 N–H and O–H groups in total. The minimum absolute atomic E-state index is 0.107. The molecule has 1 heterocycles. The van der Waals surface area contributed by atoms with Crippen LogP contribution in [0.3, 0.4) is 0 Å². The lowest BCUT2D eigenvalue weighted by Crippen LogP contribution is -2.41. The van der Waals surface area contributed by atoms with Crippen molar-refractivity contribution in [2.24, 2.45) is 5.92 Å². The minimum atomic E-state index is -1.10. The fourth-order valence-corrected chi connectivity index (χ4v) is 2.31. The van der Waals surface area contributed by atoms with Crippen molar-refractivity contribution in [1.82, 2.24) is 5.32 Å². The number of aliphatic carboxylic acids is 1. The molecule has 2 aromatic rings. The van der Waals surface area contributed by atoms with Crippen molar-refractivity contribution in [3.8, 4) is 0 Å². The minimum Gasteiger partial charge on any atom is -0.480 e. The summed E-state index contributed by atoms with van der Waals surface area (Å²) in [6, 6.07) is 8.46. The number of furan rings is 1. The summed E-state index contributed by atoms with van der Waals surface area (Å²) in [6.45, 7) is 3.75. The Morgan fingerprint density at radius 2 is 1.80 bits per heavy atom. The number of nitrogens with one attached hydrogen (secondary N) is 2. The summed E-state index contributed by atoms with van der Waals surface area (Å²) >= 11 is 0. The van der Waals surface area contributed by atoms with Crippen molar-refractivity contribution < 1.29 is 23.9 Å². The number of amides is 2. The van der Waals surface area contributed by atoms with Gasteiger partial charge in [0, 0.05) is 0 Å². The van der Waals surface area contributed by atoms with Crippen LogP contribution in [0.4, 0.5) is 5.69 Å². The molecule has 2 rings (SSSR count). The average Bonchev–Trinajstić information content (AvgIpc) is 3.08. The summed E-state index contributed by atoms with van der Waals surface area (Å²) in [6.07, 6.45) is 1.68. The lowest BCUT2D eigenvalue weighted by atomic mass is 10.0. The monoisotopic (exact) mass is 344 g/mol. The van der Waals surface area contributed by atoms with Gasteiger partial charge in [0.2, 0.25) is 0 Å². The summed E-state index contributed by atoms with van der Waals surface area (Å²) in [5.74, 6) is -1.95. The summed E-state index contributed by atoms with van der Waals surface area (Å²) in [4.78, 5) is 35.9. The second-order valence-electron chi connectivity index (χ2n) is 5.97. The molecule has 132 valence electrons. The number of carbonyl (C=O) groups is 3. The Labute approximate surface area is 145 Å². The molecule has 1 aromatic heterocycles. The van der Waals surface area contributed by atoms with Gasteiger partial charge in [-0.25, -0.2) is 4.79 Å². The molecule has 0 spiro atoms. The molecule has 0 bridgehead atoms. The van der Waals surface area contributed by atoms with E-state index >= 15 is 0 Å². The van der Waals surface area contributed by atoms with Crippen molar-refractivity contribution in [2.75, 3.05) is 5.32 Å². The lowest BCUT2D eigenvalue weighted by Gasteiger charge is -2.17. The molecule has 25 heavy (non-hydrogen) atoms. The first-order valence-electron chi connectivity index (χ1n) is 7.86. The van der Waals surface area contributed by atoms with Crippen LogP contribution in [0.2, 0.25) is 0 Å². The van der Waals surface area contributed by atoms with E-state index in [-0.39, 0.29) is 22.9 Å². The third-order valence-corrected chi connectivity index (χ3v) is 3.48. The van der Waals surface area contributed by atoms with E-state index in [1.807, 2.05) is 13.8 Å². The molecule has 7 nitrogen and oxygen atoms in total. The highest BCUT2D eigenvalue weighted by molar-refractivity contribution is 6.08. The Bertz CT molecular complexity index is 753. The van der Waals surface area contributed by atoms with E-state index in [0.717, 1.165) is 0 Å². The fraction of sp³-hybridized carbons (Fsp3) is 0.278. The summed E-state index contributed by atoms with van der Waals surface area (Å²) < 4.78 is 5.02. The number of anilines is 1. The molecule has 1 atom stereocenters. The second-order valence-corrected chi connectivity index (χ2v) is 5.97. The van der Waals surface area contributed by atoms with Crippen molar-refractivity contribution >= 4 is 23.5 Å². The van der Waals surface area contributed by atoms with E-state index in [4.69, 9.17) is 4.42 Å². The molecule has 0 saturated carbocycles. The van der Waals surface area contributed by atoms with Crippen LogP contribution < -0.4 is 10.6 Å². The van der Waals surface area contributed by atoms with Gasteiger partial charge in [-0.15, -0.1) is 0 Å². The Morgan fingerprint density at radius 1 is 1.08 bits per heavy atom. The van der Waals surface area contributed by atoms with Crippen LogP contribution in [-0.4, -0.2) is 28.9 Å². The zero-order chi connectivity index (χ0) is 18.4. The number of carbonyl (C=O) groups excluding carboxylic acids is 2. The predicted molar refractivity (Wildman–Crippen MR) is 91.4 cm³/mol. The number of carboxylic acid groups (broad SMARTS) is 1. The van der Waals surface area contributed by atoms with Gasteiger partial charge in [0.25, 0.3) is 11.8 Å². The normalized spacial score (nSPS) is 11.8. The SMILES string of the molecule is CC(C)CC(NC(=O)c1ccccc1NC(=O)c1ccco1)C(=O)O. The Morgan fingerprint density at radius 3 is 2.40 bits per heavy atom. The number of rotatable bonds is 7. The first-order valence-corrected chi connectivity index (χ1v) is 7.86. The maximum absolute atomic E-state index is 12.5. The second kappa shape index (κ2) is 8.14. The van der Waals surface area contributed by atoms with Gasteiger partial charge < -0.3 is 20.2 Å². The van der Waals surface area contributed by atoms with Crippen molar-refractivity contribution in [1.29, 1.82) is 0 Å². The van der Waals surface area contributed by atoms with Crippen LogP contribution in [0.1, 0.15) is 41.2 Å². The van der Waals surface area contributed by atoms with E-state index in [9.17, 15) is 19.5 Å². The Hall–Kier alpha value is -3.09. The molecule has 1 aromatic carbocycles. The van der Waals surface area contributed by atoms with Crippen LogP contribution in [0, 0.1) is 5.92 Å². The summed E-state index contributed by atoms with van der Waals surface area (Å²) in [7, 11) is 0. The van der Waals surface area contributed by atoms with Crippen LogP contribution in [0.25, 0.3) is 0 Å². The lowest BCUT2D eigenvalue weighted by molar-refractivity contribution is -0.139. The van der Waals surface area contributed by atoms with E-state index in [0.29, 0.717) is 6.42 Å². The van der Waals surface area contributed by atoms with E-state index < -0.39 is 23.8 Å². The van der Waals surface area contributed by atoms with Crippen LogP contribution in [0.15, 0.2) is 47.1 Å². The molecule has 0 saturated heterocycles. The molecule has 0 aliphatic heterocycles. The predicted octanol–water partition coefficient (Wildman–Crippen LogP) is 2.76. The number of hydrogen-bond donors (Lipinski definition) is 3. The van der Waals surface area contributed by atoms with Gasteiger partial charge in [0.15, 0.2) is 5.76 Å². The molecule has 7 heteroatoms. The summed E-state index contributed by atoms with van der Waals surface area (Å²) in [5, 5.41) is 14.4. The zero-order valence-electron chi connectivity index (χ0n) is 14.0. The smallest absolute Gasteiger partial charge is 0.326 e. The molecule has 0 aliphatic carbocycles. The van der Waals surface area contributed by atoms with Gasteiger partial charge >= 0.3 is 5.97 Å². The van der Waals surface area contributed by atoms with Gasteiger partial charge in [-0.1, -0.05) is 26.0 Å². The molecule has 1 unspecified atom stereocenters. The van der Waals surface area contributed by atoms with Gasteiger partial charge in [-0.3, -0.25) is 9.59 Å². The van der Waals surface area contributed by atoms with Gasteiger partial charge in [0.05, 0.1) is 17.5 Å². The topological polar surface area (TPSA) is 109 Å². The first-order chi connectivity index (χ1) is 11.9. The first kappa shape index (κ1) is 18.3. The molecule has 2 amide bonds. The highest BCUT2D eigenvalue weighted by Gasteiger charge is 2.23. The standard InChI is InChI=1S/C18H20N2O5/c1-11(2)10-14(18(23)24)20-16(21)12-6-3-4-7-13(12)19-17(22)15-8-5-9-25-15/h3-9,11,14H,10H2,1-2H3,(H,19,22)(H,20,21)(H,23,24). The third-order valence-electron chi connectivity index (χ3n) is 3.48. The van der Waals surface area contributed by atoms with Crippen molar-refractivity contribution in [3.05, 3.63) is 54.0 Å². The average molecular weight is 344 g/mol. The molecule has 0 aliphatic rings. The number of hydrogen-bond acceptors (Lipinski definition) is 4. The van der Waals surface area contributed by atoms with E-state index in [1.54, 1.807) is 24.3 Å². The molecule has 0 radical (unpaired) electrons. The maximum atomic E-state index is 12.5. The molecular formula is C18H20N2O5. The van der Waals surface area contributed by atoms with E-state index in [2.05, 4.69) is 10.6 Å². The number of para-hydroxylation sites is 1. The molecule has 0 fully saturated rings. The summed E-state index contributed by atoms with van der Waals surface area (Å²) in [5.41, 5.74) is 0.451. The third kappa shape index (κ3) is 4.94. The maximum Gasteiger partial charge on any atom is 0.326 e.